The molecule has 1 aromatic heterocycles. The van der Waals surface area contributed by atoms with Crippen molar-refractivity contribution in [1.29, 1.82) is 0 Å². The zero-order valence-electron chi connectivity index (χ0n) is 21.2. The van der Waals surface area contributed by atoms with E-state index in [0.29, 0.717) is 31.0 Å². The van der Waals surface area contributed by atoms with E-state index in [9.17, 15) is 4.79 Å². The van der Waals surface area contributed by atoms with Crippen LogP contribution >= 0.6 is 0 Å². The lowest BCUT2D eigenvalue weighted by atomic mass is 9.93. The molecule has 34 heavy (non-hydrogen) atoms. The van der Waals surface area contributed by atoms with Crippen molar-refractivity contribution in [2.45, 2.75) is 71.4 Å². The van der Waals surface area contributed by atoms with Crippen LogP contribution in [0.3, 0.4) is 0 Å². The van der Waals surface area contributed by atoms with E-state index >= 15 is 0 Å². The highest BCUT2D eigenvalue weighted by molar-refractivity contribution is 6.75. The van der Waals surface area contributed by atoms with Gasteiger partial charge in [0.15, 0.2) is 17.1 Å². The Hall–Kier alpha value is -2.35. The minimum Gasteiger partial charge on any atom is -0.541 e. The molecule has 0 N–H and O–H groups in total. The van der Waals surface area contributed by atoms with E-state index in [1.807, 2.05) is 6.92 Å². The van der Waals surface area contributed by atoms with Gasteiger partial charge in [0, 0.05) is 22.8 Å². The smallest absolute Gasteiger partial charge is 0.342 e. The summed E-state index contributed by atoms with van der Waals surface area (Å²) >= 11 is 0. The van der Waals surface area contributed by atoms with Gasteiger partial charge in [-0.25, -0.2) is 4.79 Å². The standard InChI is InChI=1S/C27H34O6Si/c1-8-29-25(28)19-15-30-23-21(19)16(2)17-9-10-20-18(11-12-27(20)31-13-14-32-27)22(17)24(23)33-34(6,7)26(3,4)5/h9-10,15H,8,11-14H2,1-7H3. The van der Waals surface area contributed by atoms with Crippen molar-refractivity contribution in [2.24, 2.45) is 0 Å². The molecule has 1 aliphatic carbocycles. The second-order valence-corrected chi connectivity index (χ2v) is 15.6. The normalized spacial score (nSPS) is 17.6. The summed E-state index contributed by atoms with van der Waals surface area (Å²) in [7, 11) is -2.24. The number of ether oxygens (including phenoxy) is 3. The fourth-order valence-electron chi connectivity index (χ4n) is 5.03. The first-order chi connectivity index (χ1) is 16.0. The molecule has 2 aliphatic rings. The molecule has 3 aromatic rings. The van der Waals surface area contributed by atoms with Crippen LogP contribution in [0.5, 0.6) is 5.75 Å². The first-order valence-electron chi connectivity index (χ1n) is 12.1. The molecule has 1 saturated heterocycles. The number of esters is 1. The molecule has 2 aromatic carbocycles. The fraction of sp³-hybridized carbons (Fsp3) is 0.519. The highest BCUT2D eigenvalue weighted by Crippen LogP contribution is 2.52. The topological polar surface area (TPSA) is 67.1 Å². The maximum atomic E-state index is 12.8. The Morgan fingerprint density at radius 3 is 2.50 bits per heavy atom. The van der Waals surface area contributed by atoms with Gasteiger partial charge in [-0.1, -0.05) is 32.9 Å². The molecule has 0 saturated carbocycles. The van der Waals surface area contributed by atoms with Crippen LogP contribution in [0.2, 0.25) is 18.1 Å². The number of carbonyl (C=O) groups is 1. The zero-order valence-corrected chi connectivity index (χ0v) is 22.2. The van der Waals surface area contributed by atoms with Gasteiger partial charge in [0.1, 0.15) is 11.8 Å². The number of hydrogen-bond donors (Lipinski definition) is 0. The average Bonchev–Trinajstić information content (AvgIpc) is 3.50. The molecule has 7 heteroatoms. The van der Waals surface area contributed by atoms with Gasteiger partial charge in [-0.3, -0.25) is 0 Å². The monoisotopic (exact) mass is 482 g/mol. The van der Waals surface area contributed by atoms with E-state index in [4.69, 9.17) is 23.1 Å². The maximum absolute atomic E-state index is 12.8. The lowest BCUT2D eigenvalue weighted by Gasteiger charge is -2.37. The largest absolute Gasteiger partial charge is 0.541 e. The van der Waals surface area contributed by atoms with Crippen LogP contribution in [0.25, 0.3) is 21.7 Å². The Labute approximate surface area is 201 Å². The number of fused-ring (bicyclic) bond motifs is 5. The van der Waals surface area contributed by atoms with Crippen LogP contribution in [0.1, 0.15) is 61.2 Å². The number of rotatable bonds is 4. The molecule has 5 rings (SSSR count). The highest BCUT2D eigenvalue weighted by Gasteiger charge is 2.46. The van der Waals surface area contributed by atoms with Crippen LogP contribution in [-0.2, 0) is 26.4 Å². The Balaban J connectivity index is 1.84. The highest BCUT2D eigenvalue weighted by atomic mass is 28.4. The third-order valence-corrected chi connectivity index (χ3v) is 12.2. The van der Waals surface area contributed by atoms with Gasteiger partial charge in [-0.05, 0) is 54.9 Å². The van der Waals surface area contributed by atoms with Crippen LogP contribution in [0, 0.1) is 6.92 Å². The average molecular weight is 483 g/mol. The molecule has 1 aliphatic heterocycles. The fourth-order valence-corrected chi connectivity index (χ4v) is 6.04. The second kappa shape index (κ2) is 7.83. The second-order valence-electron chi connectivity index (χ2n) is 10.9. The molecule has 1 fully saturated rings. The molecule has 2 heterocycles. The van der Waals surface area contributed by atoms with Gasteiger partial charge in [-0.2, -0.15) is 0 Å². The third-order valence-electron chi connectivity index (χ3n) is 7.84. The quantitative estimate of drug-likeness (QED) is 0.308. The van der Waals surface area contributed by atoms with Crippen LogP contribution in [0.4, 0.5) is 0 Å². The van der Waals surface area contributed by atoms with Crippen molar-refractivity contribution in [2.75, 3.05) is 19.8 Å². The van der Waals surface area contributed by atoms with E-state index < -0.39 is 14.1 Å². The number of aryl methyl sites for hydroxylation is 2. The first-order valence-corrected chi connectivity index (χ1v) is 15.1. The van der Waals surface area contributed by atoms with E-state index in [1.54, 1.807) is 6.92 Å². The van der Waals surface area contributed by atoms with Gasteiger partial charge in [-0.15, -0.1) is 0 Å². The minimum atomic E-state index is -2.24. The summed E-state index contributed by atoms with van der Waals surface area (Å²) in [6, 6.07) is 4.23. The lowest BCUT2D eigenvalue weighted by Crippen LogP contribution is -2.44. The van der Waals surface area contributed by atoms with Gasteiger partial charge in [0.05, 0.1) is 19.8 Å². The summed E-state index contributed by atoms with van der Waals surface area (Å²) in [6.07, 6.45) is 3.12. The predicted octanol–water partition coefficient (Wildman–Crippen LogP) is 6.60. The molecule has 0 unspecified atom stereocenters. The van der Waals surface area contributed by atoms with Crippen molar-refractivity contribution >= 4 is 36.0 Å². The van der Waals surface area contributed by atoms with Crippen molar-refractivity contribution in [3.8, 4) is 5.75 Å². The van der Waals surface area contributed by atoms with Crippen molar-refractivity contribution in [3.63, 3.8) is 0 Å². The first kappa shape index (κ1) is 23.4. The minimum absolute atomic E-state index is 0.00997. The summed E-state index contributed by atoms with van der Waals surface area (Å²) in [4.78, 5) is 12.8. The van der Waals surface area contributed by atoms with Gasteiger partial charge in [0.25, 0.3) is 8.32 Å². The summed E-state index contributed by atoms with van der Waals surface area (Å²) < 4.78 is 30.7. The summed E-state index contributed by atoms with van der Waals surface area (Å²) in [6.45, 7) is 16.5. The van der Waals surface area contributed by atoms with Gasteiger partial charge >= 0.3 is 5.97 Å². The number of furan rings is 1. The molecule has 0 radical (unpaired) electrons. The van der Waals surface area contributed by atoms with Crippen LogP contribution in [-0.4, -0.2) is 34.1 Å². The summed E-state index contributed by atoms with van der Waals surface area (Å²) in [5, 5.41) is 2.86. The van der Waals surface area contributed by atoms with E-state index in [0.717, 1.165) is 45.9 Å². The predicted molar refractivity (Wildman–Crippen MR) is 134 cm³/mol. The van der Waals surface area contributed by atoms with Gasteiger partial charge in [0.2, 0.25) is 0 Å². The summed E-state index contributed by atoms with van der Waals surface area (Å²) in [5.41, 5.74) is 4.30. The third kappa shape index (κ3) is 3.32. The van der Waals surface area contributed by atoms with Crippen LogP contribution in [0.15, 0.2) is 22.8 Å². The SMILES string of the molecule is CCOC(=O)c1coc2c(O[Si](C)(C)C(C)(C)C)c3c4c(ccc3c(C)c12)C1(CC4)OCCO1. The molecular weight excluding hydrogens is 448 g/mol. The molecule has 6 nitrogen and oxygen atoms in total. The van der Waals surface area contributed by atoms with E-state index in [2.05, 4.69) is 46.0 Å². The Bertz CT molecular complexity index is 1290. The van der Waals surface area contributed by atoms with Crippen LogP contribution < -0.4 is 4.43 Å². The number of hydrogen-bond acceptors (Lipinski definition) is 6. The molecule has 182 valence electrons. The Morgan fingerprint density at radius 2 is 1.85 bits per heavy atom. The molecule has 0 amide bonds. The van der Waals surface area contributed by atoms with E-state index in [1.165, 1.54) is 11.8 Å². The van der Waals surface area contributed by atoms with Crippen molar-refractivity contribution in [1.82, 2.24) is 0 Å². The Morgan fingerprint density at radius 1 is 1.15 bits per heavy atom. The molecule has 0 bridgehead atoms. The lowest BCUT2D eigenvalue weighted by molar-refractivity contribution is -0.163. The maximum Gasteiger partial charge on any atom is 0.342 e. The molecule has 0 atom stereocenters. The van der Waals surface area contributed by atoms with Crippen molar-refractivity contribution < 1.29 is 27.8 Å². The van der Waals surface area contributed by atoms with E-state index in [-0.39, 0.29) is 11.0 Å². The Kier molecular flexibility index (Phi) is 5.39. The van der Waals surface area contributed by atoms with Crippen molar-refractivity contribution in [3.05, 3.63) is 40.6 Å². The number of carbonyl (C=O) groups excluding carboxylic acids is 1. The van der Waals surface area contributed by atoms with Gasteiger partial charge < -0.3 is 23.1 Å². The number of benzene rings is 2. The molecular formula is C27H34O6Si. The zero-order chi connectivity index (χ0) is 24.5. The summed E-state index contributed by atoms with van der Waals surface area (Å²) in [5.74, 6) is -0.320. The molecule has 1 spiro atoms.